The van der Waals surface area contributed by atoms with Gasteiger partial charge in [0.05, 0.1) is 16.5 Å². The third-order valence-electron chi connectivity index (χ3n) is 8.61. The second-order valence-corrected chi connectivity index (χ2v) is 12.5. The second-order valence-electron chi connectivity index (χ2n) is 12.1. The Balaban J connectivity index is 1.27. The minimum Gasteiger partial charge on any atom is -0.534 e. The average molecular weight is 814 g/mol. The molecule has 5 rings (SSSR count). The molecule has 2 aliphatic heterocycles. The Morgan fingerprint density at radius 2 is 1.62 bits per heavy atom. The Morgan fingerprint density at radius 3 is 2.30 bits per heavy atom. The number of hydrogen-bond acceptors (Lipinski definition) is 11. The van der Waals surface area contributed by atoms with Crippen LogP contribution in [-0.4, -0.2) is 110 Å². The van der Waals surface area contributed by atoms with E-state index in [1.54, 1.807) is 0 Å². The molecule has 1 unspecified atom stereocenters. The van der Waals surface area contributed by atoms with Crippen LogP contribution in [0.3, 0.4) is 0 Å². The number of carboxylic acid groups (broad SMARTS) is 1. The molecule has 6 amide bonds. The molecular formula is C32H26BClF5N5O12. The number of urea groups is 1. The molecule has 0 bridgehead atoms. The first-order chi connectivity index (χ1) is 26.3. The highest BCUT2D eigenvalue weighted by molar-refractivity contribution is 6.47. The van der Waals surface area contributed by atoms with Gasteiger partial charge in [-0.05, 0) is 36.6 Å². The first-order valence-electron chi connectivity index (χ1n) is 16.0. The predicted molar refractivity (Wildman–Crippen MR) is 177 cm³/mol. The number of imide groups is 1. The molecule has 2 heterocycles. The van der Waals surface area contributed by atoms with Crippen LogP contribution < -0.4 is 20.6 Å². The first-order valence-corrected chi connectivity index (χ1v) is 16.4. The van der Waals surface area contributed by atoms with Crippen molar-refractivity contribution >= 4 is 54.3 Å². The Hall–Kier alpha value is -6.36. The number of phenolic OH excluding ortho intramolecular Hbond substituents is 3. The maximum atomic E-state index is 14.6. The Kier molecular flexibility index (Phi) is 11.8. The zero-order valence-electron chi connectivity index (χ0n) is 28.0. The molecule has 24 heteroatoms. The second kappa shape index (κ2) is 16.2. The average Bonchev–Trinajstić information content (AvgIpc) is 3.15. The Morgan fingerprint density at radius 1 is 0.929 bits per heavy atom. The van der Waals surface area contributed by atoms with E-state index in [0.29, 0.717) is 11.0 Å². The van der Waals surface area contributed by atoms with Gasteiger partial charge in [-0.1, -0.05) is 17.7 Å². The van der Waals surface area contributed by atoms with E-state index < -0.39 is 135 Å². The SMILES string of the molecule is O=C(NCCCN1CCN(C(=O)NC(C(=O)N[C@H]2Cc3ccc(F)c(C(=O)O)c3OB2O)c2cc(F)c(O)c(O)c2Cl)C(=O)C1=O)c1cc(F)c(F)c(O)c1F. The summed E-state index contributed by atoms with van der Waals surface area (Å²) < 4.78 is 74.9. The molecule has 2 atom stereocenters. The summed E-state index contributed by atoms with van der Waals surface area (Å²) in [5.74, 6) is -21.2. The number of nitrogens with zero attached hydrogens (tertiary/aromatic N) is 2. The summed E-state index contributed by atoms with van der Waals surface area (Å²) in [6, 6.07) is -0.961. The highest BCUT2D eigenvalue weighted by Crippen LogP contribution is 2.41. The number of aromatic hydroxyl groups is 3. The van der Waals surface area contributed by atoms with Crippen molar-refractivity contribution in [2.45, 2.75) is 24.8 Å². The lowest BCUT2D eigenvalue weighted by atomic mass is 9.72. The van der Waals surface area contributed by atoms with Crippen molar-refractivity contribution in [2.75, 3.05) is 26.2 Å². The third kappa shape index (κ3) is 7.89. The van der Waals surface area contributed by atoms with Gasteiger partial charge in [-0.15, -0.1) is 0 Å². The maximum absolute atomic E-state index is 14.6. The molecule has 8 N–H and O–H groups in total. The number of aromatic carboxylic acids is 1. The van der Waals surface area contributed by atoms with Crippen LogP contribution >= 0.6 is 11.6 Å². The van der Waals surface area contributed by atoms with Crippen molar-refractivity contribution < 1.29 is 80.8 Å². The molecule has 3 aromatic carbocycles. The minimum absolute atomic E-state index is 0.0214. The summed E-state index contributed by atoms with van der Waals surface area (Å²) in [5.41, 5.74) is -2.58. The minimum atomic E-state index is -2.14. The topological polar surface area (TPSA) is 255 Å². The van der Waals surface area contributed by atoms with E-state index in [0.717, 1.165) is 17.0 Å². The fraction of sp³-hybridized carbons (Fsp3) is 0.250. The van der Waals surface area contributed by atoms with Gasteiger partial charge in [0.1, 0.15) is 23.2 Å². The predicted octanol–water partition coefficient (Wildman–Crippen LogP) is 1.23. The van der Waals surface area contributed by atoms with Crippen LogP contribution in [0.25, 0.3) is 0 Å². The number of halogens is 6. The molecule has 1 fully saturated rings. The van der Waals surface area contributed by atoms with E-state index in [-0.39, 0.29) is 44.1 Å². The van der Waals surface area contributed by atoms with Crippen LogP contribution in [0.2, 0.25) is 5.02 Å². The van der Waals surface area contributed by atoms with Gasteiger partial charge in [0.2, 0.25) is 11.7 Å². The lowest BCUT2D eigenvalue weighted by Gasteiger charge is -2.34. The normalized spacial score (nSPS) is 15.8. The van der Waals surface area contributed by atoms with Crippen molar-refractivity contribution in [2.24, 2.45) is 0 Å². The number of piperazine rings is 1. The fourth-order valence-corrected chi connectivity index (χ4v) is 6.00. The van der Waals surface area contributed by atoms with E-state index in [9.17, 15) is 76.2 Å². The molecule has 17 nitrogen and oxygen atoms in total. The standard InChI is InChI=1S/C32H26BClF5N5O12/c34-19-12(9-16(37)23(45)24(19)46)22(28(49)41-17-8-11-2-3-14(35)18(31(52)53)26(11)56-33(17)55)42-32(54)44-7-6-43(29(50)30(44)51)5-1-4-40-27(48)13-10-15(36)21(39)25(47)20(13)38/h2-3,9-10,17,22,45-47,55H,1,4-8H2,(H,40,48)(H,41,49)(H,42,54)(H,52,53)/t17-,22?/m0/s1. The number of carboxylic acids is 1. The van der Waals surface area contributed by atoms with Gasteiger partial charge in [0.25, 0.3) is 5.91 Å². The third-order valence-corrected chi connectivity index (χ3v) is 9.01. The number of hydrogen-bond donors (Lipinski definition) is 8. The summed E-state index contributed by atoms with van der Waals surface area (Å²) in [5, 5.41) is 54.9. The molecule has 0 radical (unpaired) electrons. The smallest absolute Gasteiger partial charge is 0.534 e. The van der Waals surface area contributed by atoms with Gasteiger partial charge >= 0.3 is 30.9 Å². The van der Waals surface area contributed by atoms with Gasteiger partial charge in [0.15, 0.2) is 34.7 Å². The number of benzene rings is 3. The van der Waals surface area contributed by atoms with E-state index in [1.165, 1.54) is 0 Å². The highest BCUT2D eigenvalue weighted by atomic mass is 35.5. The zero-order valence-corrected chi connectivity index (χ0v) is 28.8. The Bertz CT molecular complexity index is 2190. The van der Waals surface area contributed by atoms with Crippen molar-refractivity contribution in [1.82, 2.24) is 25.8 Å². The molecule has 56 heavy (non-hydrogen) atoms. The lowest BCUT2D eigenvalue weighted by Crippen LogP contribution is -2.60. The molecule has 0 aromatic heterocycles. The Labute approximate surface area is 315 Å². The van der Waals surface area contributed by atoms with Crippen LogP contribution in [0, 0.1) is 29.1 Å². The maximum Gasteiger partial charge on any atom is 0.547 e. The van der Waals surface area contributed by atoms with E-state index >= 15 is 0 Å². The van der Waals surface area contributed by atoms with E-state index in [1.807, 2.05) is 0 Å². The molecule has 0 saturated carbocycles. The van der Waals surface area contributed by atoms with Crippen LogP contribution in [0.15, 0.2) is 24.3 Å². The summed E-state index contributed by atoms with van der Waals surface area (Å²) >= 11 is 6.09. The molecule has 1 saturated heterocycles. The molecule has 3 aromatic rings. The largest absolute Gasteiger partial charge is 0.547 e. The highest BCUT2D eigenvalue weighted by Gasteiger charge is 2.42. The number of nitrogens with one attached hydrogen (secondary N) is 3. The number of phenols is 3. The molecule has 2 aliphatic rings. The number of rotatable bonds is 10. The first kappa shape index (κ1) is 40.8. The number of fused-ring (bicyclic) bond motifs is 1. The summed E-state index contributed by atoms with van der Waals surface area (Å²) in [7, 11) is -2.02. The summed E-state index contributed by atoms with van der Waals surface area (Å²) in [6.07, 6.45) is -0.463. The van der Waals surface area contributed by atoms with Crippen LogP contribution in [0.4, 0.5) is 26.7 Å². The summed E-state index contributed by atoms with van der Waals surface area (Å²) in [6.45, 7) is -1.34. The molecule has 0 aliphatic carbocycles. The summed E-state index contributed by atoms with van der Waals surface area (Å²) in [4.78, 5) is 78.1. The van der Waals surface area contributed by atoms with Gasteiger partial charge in [-0.25, -0.2) is 27.2 Å². The lowest BCUT2D eigenvalue weighted by molar-refractivity contribution is -0.153. The number of carbonyl (C=O) groups is 6. The van der Waals surface area contributed by atoms with Crippen molar-refractivity contribution in [3.63, 3.8) is 0 Å². The van der Waals surface area contributed by atoms with Gasteiger partial charge in [-0.2, -0.15) is 4.39 Å². The molecule has 0 spiro atoms. The van der Waals surface area contributed by atoms with Gasteiger partial charge in [0, 0.05) is 31.7 Å². The van der Waals surface area contributed by atoms with Gasteiger partial charge < -0.3 is 51.0 Å². The van der Waals surface area contributed by atoms with Crippen molar-refractivity contribution in [1.29, 1.82) is 0 Å². The van der Waals surface area contributed by atoms with Crippen LogP contribution in [-0.2, 0) is 20.8 Å². The zero-order chi connectivity index (χ0) is 41.3. The fourth-order valence-electron chi connectivity index (χ4n) is 5.75. The van der Waals surface area contributed by atoms with E-state index in [4.69, 9.17) is 16.3 Å². The van der Waals surface area contributed by atoms with Crippen LogP contribution in [0.5, 0.6) is 23.0 Å². The quantitative estimate of drug-likeness (QED) is 0.0360. The number of carbonyl (C=O) groups excluding carboxylic acids is 5. The van der Waals surface area contributed by atoms with Crippen molar-refractivity contribution in [3.8, 4) is 23.0 Å². The number of amides is 6. The van der Waals surface area contributed by atoms with Crippen molar-refractivity contribution in [3.05, 3.63) is 80.6 Å². The van der Waals surface area contributed by atoms with Crippen LogP contribution in [0.1, 0.15) is 44.3 Å². The van der Waals surface area contributed by atoms with E-state index in [2.05, 4.69) is 16.0 Å². The monoisotopic (exact) mass is 813 g/mol. The molecule has 296 valence electrons. The molecular weight excluding hydrogens is 788 g/mol. The van der Waals surface area contributed by atoms with Gasteiger partial charge in [-0.3, -0.25) is 24.1 Å².